The Balaban J connectivity index is 2.00. The first kappa shape index (κ1) is 13.6. The molecule has 0 saturated carbocycles. The van der Waals surface area contributed by atoms with Crippen LogP contribution in [-0.4, -0.2) is 19.1 Å². The van der Waals surface area contributed by atoms with Crippen molar-refractivity contribution < 1.29 is 9.53 Å². The van der Waals surface area contributed by atoms with E-state index in [-0.39, 0.29) is 10.7 Å². The molecule has 0 saturated heterocycles. The van der Waals surface area contributed by atoms with Crippen LogP contribution in [0.2, 0.25) is 0 Å². The molecule has 3 rings (SSSR count). The first-order valence-corrected chi connectivity index (χ1v) is 8.24. The van der Waals surface area contributed by atoms with E-state index in [9.17, 15) is 4.79 Å². The van der Waals surface area contributed by atoms with E-state index in [1.165, 1.54) is 11.1 Å². The fourth-order valence-corrected chi connectivity index (χ4v) is 4.07. The number of nitrogens with one attached hydrogen (secondary N) is 1. The zero-order valence-corrected chi connectivity index (χ0v) is 13.4. The number of fused-ring (bicyclic) bond motifs is 1. The van der Waals surface area contributed by atoms with Gasteiger partial charge in [-0.15, -0.1) is 0 Å². The molecule has 0 fully saturated rings. The highest BCUT2D eigenvalue weighted by molar-refractivity contribution is 9.09. The normalized spacial score (nSPS) is 15.8. The average Bonchev–Trinajstić information content (AvgIpc) is 2.79. The molecule has 1 unspecified atom stereocenters. The van der Waals surface area contributed by atoms with Crippen LogP contribution < -0.4 is 10.1 Å². The fourth-order valence-electron chi connectivity index (χ4n) is 2.24. The topological polar surface area (TPSA) is 38.3 Å². The maximum atomic E-state index is 12.0. The molecule has 1 aliphatic rings. The molecule has 0 bridgehead atoms. The van der Waals surface area contributed by atoms with Crippen LogP contribution in [0.1, 0.15) is 31.9 Å². The number of alkyl halides is 1. The molecule has 1 N–H and O–H groups in total. The van der Waals surface area contributed by atoms with Gasteiger partial charge in [0.25, 0.3) is 5.91 Å². The van der Waals surface area contributed by atoms with Crippen LogP contribution in [0.4, 0.5) is 0 Å². The van der Waals surface area contributed by atoms with E-state index >= 15 is 0 Å². The zero-order chi connectivity index (χ0) is 14.1. The monoisotopic (exact) mass is 351 g/mol. The van der Waals surface area contributed by atoms with E-state index in [0.717, 1.165) is 5.56 Å². The molecule has 2 aromatic rings. The van der Waals surface area contributed by atoms with Crippen LogP contribution >= 0.6 is 27.3 Å². The van der Waals surface area contributed by atoms with Crippen LogP contribution in [0.15, 0.2) is 29.0 Å². The van der Waals surface area contributed by atoms with E-state index in [4.69, 9.17) is 4.74 Å². The lowest BCUT2D eigenvalue weighted by molar-refractivity contribution is 0.0957. The van der Waals surface area contributed by atoms with Crippen LogP contribution in [0.25, 0.3) is 0 Å². The average molecular weight is 352 g/mol. The predicted molar refractivity (Wildman–Crippen MR) is 84.1 cm³/mol. The molecular formula is C15H14BrNO2S. The number of amides is 1. The van der Waals surface area contributed by atoms with Gasteiger partial charge in [0.05, 0.1) is 16.9 Å². The van der Waals surface area contributed by atoms with Gasteiger partial charge in [-0.1, -0.05) is 22.0 Å². The van der Waals surface area contributed by atoms with E-state index in [1.807, 2.05) is 18.2 Å². The van der Waals surface area contributed by atoms with Crippen molar-refractivity contribution in [3.8, 4) is 5.75 Å². The van der Waals surface area contributed by atoms with Gasteiger partial charge in [-0.05, 0) is 46.5 Å². The third-order valence-corrected chi connectivity index (χ3v) is 5.26. The number of thiophene rings is 1. The van der Waals surface area contributed by atoms with Gasteiger partial charge >= 0.3 is 0 Å². The van der Waals surface area contributed by atoms with Crippen molar-refractivity contribution in [2.45, 2.75) is 11.8 Å². The number of halogens is 1. The van der Waals surface area contributed by atoms with Crippen molar-refractivity contribution in [1.82, 2.24) is 5.32 Å². The molecule has 0 aliphatic carbocycles. The van der Waals surface area contributed by atoms with Gasteiger partial charge in [-0.2, -0.15) is 11.3 Å². The summed E-state index contributed by atoms with van der Waals surface area (Å²) in [4.78, 5) is 12.1. The SMILES string of the molecule is Cc1cscc1C(Br)c1ccc2c(c1)C(=O)NCCO2. The maximum absolute atomic E-state index is 12.0. The predicted octanol–water partition coefficient (Wildman–Crippen LogP) is 3.66. The van der Waals surface area contributed by atoms with Gasteiger partial charge in [-0.3, -0.25) is 4.79 Å². The summed E-state index contributed by atoms with van der Waals surface area (Å²) in [6.45, 7) is 3.16. The van der Waals surface area contributed by atoms with Crippen molar-refractivity contribution in [3.63, 3.8) is 0 Å². The molecule has 104 valence electrons. The van der Waals surface area contributed by atoms with E-state index in [0.29, 0.717) is 24.5 Å². The largest absolute Gasteiger partial charge is 0.491 e. The molecule has 3 nitrogen and oxygen atoms in total. The van der Waals surface area contributed by atoms with E-state index in [2.05, 4.69) is 38.9 Å². The molecule has 1 aliphatic heterocycles. The number of benzene rings is 1. The van der Waals surface area contributed by atoms with Crippen LogP contribution in [0, 0.1) is 6.92 Å². The van der Waals surface area contributed by atoms with Crippen LogP contribution in [0.5, 0.6) is 5.75 Å². The quantitative estimate of drug-likeness (QED) is 0.838. The summed E-state index contributed by atoms with van der Waals surface area (Å²) in [5.41, 5.74) is 4.17. The van der Waals surface area contributed by atoms with Gasteiger partial charge in [0.15, 0.2) is 0 Å². The summed E-state index contributed by atoms with van der Waals surface area (Å²) in [6.07, 6.45) is 0. The van der Waals surface area contributed by atoms with Crippen molar-refractivity contribution >= 4 is 33.2 Å². The van der Waals surface area contributed by atoms with E-state index < -0.39 is 0 Å². The minimum atomic E-state index is -0.0684. The molecule has 1 aromatic heterocycles. The number of carbonyl (C=O) groups is 1. The highest BCUT2D eigenvalue weighted by Gasteiger charge is 2.20. The lowest BCUT2D eigenvalue weighted by Crippen LogP contribution is -2.24. The third-order valence-electron chi connectivity index (χ3n) is 3.35. The molecule has 1 amide bonds. The van der Waals surface area contributed by atoms with Gasteiger partial charge in [0, 0.05) is 0 Å². The van der Waals surface area contributed by atoms with Gasteiger partial charge in [0.2, 0.25) is 0 Å². The molecule has 0 radical (unpaired) electrons. The zero-order valence-electron chi connectivity index (χ0n) is 11.0. The molecule has 2 heterocycles. The Morgan fingerprint density at radius 2 is 2.25 bits per heavy atom. The van der Waals surface area contributed by atoms with Crippen LogP contribution in [-0.2, 0) is 0 Å². The number of rotatable bonds is 2. The lowest BCUT2D eigenvalue weighted by Gasteiger charge is -2.13. The van der Waals surface area contributed by atoms with Gasteiger partial charge in [-0.25, -0.2) is 0 Å². The summed E-state index contributed by atoms with van der Waals surface area (Å²) in [7, 11) is 0. The maximum Gasteiger partial charge on any atom is 0.255 e. The smallest absolute Gasteiger partial charge is 0.255 e. The fraction of sp³-hybridized carbons (Fsp3) is 0.267. The molecule has 1 atom stereocenters. The highest BCUT2D eigenvalue weighted by atomic mass is 79.9. The van der Waals surface area contributed by atoms with E-state index in [1.54, 1.807) is 11.3 Å². The van der Waals surface area contributed by atoms with Crippen LogP contribution in [0.3, 0.4) is 0 Å². The van der Waals surface area contributed by atoms with Crippen molar-refractivity contribution in [2.24, 2.45) is 0 Å². The second-order valence-corrected chi connectivity index (χ2v) is 6.39. The second kappa shape index (κ2) is 5.58. The minimum absolute atomic E-state index is 0.0684. The van der Waals surface area contributed by atoms with Crippen molar-refractivity contribution in [2.75, 3.05) is 13.2 Å². The number of hydrogen-bond donors (Lipinski definition) is 1. The summed E-state index contributed by atoms with van der Waals surface area (Å²) in [5, 5.41) is 7.10. The Bertz CT molecular complexity index is 653. The number of carbonyl (C=O) groups excluding carboxylic acids is 1. The highest BCUT2D eigenvalue weighted by Crippen LogP contribution is 2.36. The first-order chi connectivity index (χ1) is 9.66. The molecule has 0 spiro atoms. The van der Waals surface area contributed by atoms with Gasteiger partial charge in [0.1, 0.15) is 12.4 Å². The third kappa shape index (κ3) is 2.47. The summed E-state index contributed by atoms with van der Waals surface area (Å²) in [5.74, 6) is 0.589. The molecule has 20 heavy (non-hydrogen) atoms. The number of ether oxygens (including phenoxy) is 1. The number of hydrogen-bond acceptors (Lipinski definition) is 3. The standard InChI is InChI=1S/C15H14BrNO2S/c1-9-7-20-8-12(9)14(16)10-2-3-13-11(6-10)15(18)17-4-5-19-13/h2-3,6-8,14H,4-5H2,1H3,(H,17,18). The Morgan fingerprint density at radius 3 is 3.00 bits per heavy atom. The Hall–Kier alpha value is -1.33. The first-order valence-electron chi connectivity index (χ1n) is 6.38. The lowest BCUT2D eigenvalue weighted by atomic mass is 10.0. The Labute approximate surface area is 130 Å². The van der Waals surface area contributed by atoms with Crippen molar-refractivity contribution in [3.05, 3.63) is 51.2 Å². The summed E-state index contributed by atoms with van der Waals surface area (Å²) in [6, 6.07) is 5.80. The summed E-state index contributed by atoms with van der Waals surface area (Å²) >= 11 is 5.41. The van der Waals surface area contributed by atoms with Gasteiger partial charge < -0.3 is 10.1 Å². The summed E-state index contributed by atoms with van der Waals surface area (Å²) < 4.78 is 5.57. The molecular weight excluding hydrogens is 338 g/mol. The Morgan fingerprint density at radius 1 is 1.40 bits per heavy atom. The second-order valence-electron chi connectivity index (χ2n) is 4.73. The molecule has 1 aromatic carbocycles. The van der Waals surface area contributed by atoms with Crippen molar-refractivity contribution in [1.29, 1.82) is 0 Å². The Kier molecular flexibility index (Phi) is 3.81. The number of aryl methyl sites for hydroxylation is 1. The minimum Gasteiger partial charge on any atom is -0.491 e. The molecule has 5 heteroatoms.